The molecule has 2 N–H and O–H groups in total. The van der Waals surface area contributed by atoms with Crippen LogP contribution in [0.2, 0.25) is 10.3 Å². The standard InChI is InChI=1S/C8H8Cl2N4O3S/c9-7-6(8(10)13-3-12-7)14-2-4(1-5(14)15)18(11,16)17/h3-4H,1-2H2,(H2,11,16,17). The van der Waals surface area contributed by atoms with Crippen molar-refractivity contribution in [3.8, 4) is 0 Å². The molecule has 1 aliphatic heterocycles. The fraction of sp³-hybridized carbons (Fsp3) is 0.375. The Labute approximate surface area is 113 Å². The average Bonchev–Trinajstić information content (AvgIpc) is 2.60. The Bertz CT molecular complexity index is 586. The number of amides is 1. The fourth-order valence-electron chi connectivity index (χ4n) is 1.67. The molecule has 0 aromatic carbocycles. The third-order valence-corrected chi connectivity index (χ3v) is 4.36. The molecule has 1 unspecified atom stereocenters. The van der Waals surface area contributed by atoms with E-state index in [2.05, 4.69) is 9.97 Å². The Hall–Kier alpha value is -0.960. The van der Waals surface area contributed by atoms with Crippen LogP contribution in [-0.2, 0) is 14.8 Å². The van der Waals surface area contributed by atoms with Gasteiger partial charge in [-0.15, -0.1) is 0 Å². The van der Waals surface area contributed by atoms with Gasteiger partial charge in [0, 0.05) is 13.0 Å². The van der Waals surface area contributed by atoms with Gasteiger partial charge in [0.25, 0.3) is 0 Å². The van der Waals surface area contributed by atoms with E-state index in [0.29, 0.717) is 0 Å². The minimum Gasteiger partial charge on any atom is -0.306 e. The molecule has 1 aliphatic rings. The van der Waals surface area contributed by atoms with Gasteiger partial charge >= 0.3 is 0 Å². The van der Waals surface area contributed by atoms with Crippen LogP contribution < -0.4 is 10.0 Å². The molecule has 0 bridgehead atoms. The lowest BCUT2D eigenvalue weighted by Crippen LogP contribution is -2.32. The Morgan fingerprint density at radius 2 is 1.89 bits per heavy atom. The predicted molar refractivity (Wildman–Crippen MR) is 65.9 cm³/mol. The summed E-state index contributed by atoms with van der Waals surface area (Å²) < 4.78 is 22.5. The first-order chi connectivity index (χ1) is 8.30. The molecule has 0 saturated carbocycles. The smallest absolute Gasteiger partial charge is 0.228 e. The van der Waals surface area contributed by atoms with Crippen LogP contribution in [-0.4, -0.2) is 36.1 Å². The summed E-state index contributed by atoms with van der Waals surface area (Å²) in [4.78, 5) is 20.3. The summed E-state index contributed by atoms with van der Waals surface area (Å²) in [5.41, 5.74) is 0.108. The lowest BCUT2D eigenvalue weighted by molar-refractivity contribution is -0.117. The van der Waals surface area contributed by atoms with Gasteiger partial charge in [-0.3, -0.25) is 4.79 Å². The summed E-state index contributed by atoms with van der Waals surface area (Å²) in [5, 5.41) is 4.01. The number of hydrogen-bond acceptors (Lipinski definition) is 5. The van der Waals surface area contributed by atoms with Crippen LogP contribution in [0, 0.1) is 0 Å². The molecule has 1 saturated heterocycles. The summed E-state index contributed by atoms with van der Waals surface area (Å²) in [5.74, 6) is -0.437. The topological polar surface area (TPSA) is 106 Å². The molecule has 98 valence electrons. The van der Waals surface area contributed by atoms with Crippen LogP contribution >= 0.6 is 23.2 Å². The number of sulfonamides is 1. The molecule has 2 heterocycles. The van der Waals surface area contributed by atoms with Crippen LogP contribution in [0.25, 0.3) is 0 Å². The molecule has 1 aromatic heterocycles. The number of carbonyl (C=O) groups is 1. The summed E-state index contributed by atoms with van der Waals surface area (Å²) in [6, 6.07) is 0. The highest BCUT2D eigenvalue weighted by Gasteiger charge is 2.39. The SMILES string of the molecule is NS(=O)(=O)C1CC(=O)N(c2c(Cl)ncnc2Cl)C1. The largest absolute Gasteiger partial charge is 0.306 e. The van der Waals surface area contributed by atoms with Crippen molar-refractivity contribution >= 4 is 44.8 Å². The van der Waals surface area contributed by atoms with Crippen molar-refractivity contribution in [2.24, 2.45) is 5.14 Å². The third kappa shape index (κ3) is 2.41. The van der Waals surface area contributed by atoms with E-state index in [9.17, 15) is 13.2 Å². The van der Waals surface area contributed by atoms with Gasteiger partial charge in [0.15, 0.2) is 10.3 Å². The second-order valence-corrected chi connectivity index (χ2v) is 6.28. The molecule has 0 aliphatic carbocycles. The zero-order valence-electron chi connectivity index (χ0n) is 8.88. The second-order valence-electron chi connectivity index (χ2n) is 3.72. The van der Waals surface area contributed by atoms with Gasteiger partial charge in [0.05, 0.1) is 0 Å². The zero-order chi connectivity index (χ0) is 13.5. The van der Waals surface area contributed by atoms with E-state index >= 15 is 0 Å². The van der Waals surface area contributed by atoms with Crippen molar-refractivity contribution in [1.29, 1.82) is 0 Å². The molecular weight excluding hydrogens is 303 g/mol. The van der Waals surface area contributed by atoms with E-state index in [1.807, 2.05) is 0 Å². The number of halogens is 2. The molecule has 2 rings (SSSR count). The molecule has 7 nitrogen and oxygen atoms in total. The highest BCUT2D eigenvalue weighted by Crippen LogP contribution is 2.33. The van der Waals surface area contributed by atoms with Crippen molar-refractivity contribution in [2.75, 3.05) is 11.4 Å². The maximum absolute atomic E-state index is 11.8. The lowest BCUT2D eigenvalue weighted by Gasteiger charge is -2.17. The molecule has 0 radical (unpaired) electrons. The maximum atomic E-state index is 11.8. The van der Waals surface area contributed by atoms with Gasteiger partial charge in [-0.1, -0.05) is 23.2 Å². The molecule has 10 heteroatoms. The van der Waals surface area contributed by atoms with Crippen molar-refractivity contribution < 1.29 is 13.2 Å². The Balaban J connectivity index is 2.39. The van der Waals surface area contributed by atoms with Gasteiger partial charge < -0.3 is 4.90 Å². The van der Waals surface area contributed by atoms with E-state index in [0.717, 1.165) is 11.2 Å². The summed E-state index contributed by atoms with van der Waals surface area (Å²) in [6.07, 6.45) is 0.937. The first-order valence-electron chi connectivity index (χ1n) is 4.78. The average molecular weight is 311 g/mol. The monoisotopic (exact) mass is 310 g/mol. The third-order valence-electron chi connectivity index (χ3n) is 2.56. The van der Waals surface area contributed by atoms with Crippen LogP contribution in [0.4, 0.5) is 5.69 Å². The van der Waals surface area contributed by atoms with Gasteiger partial charge in [-0.2, -0.15) is 0 Å². The maximum Gasteiger partial charge on any atom is 0.228 e. The number of nitrogens with zero attached hydrogens (tertiary/aromatic N) is 3. The summed E-state index contributed by atoms with van der Waals surface area (Å²) >= 11 is 11.7. The Kier molecular flexibility index (Phi) is 3.45. The first kappa shape index (κ1) is 13.5. The number of nitrogens with two attached hydrogens (primary N) is 1. The van der Waals surface area contributed by atoms with Crippen LogP contribution in [0.1, 0.15) is 6.42 Å². The number of carbonyl (C=O) groups excluding carboxylic acids is 1. The minimum absolute atomic E-state index is 0.0154. The van der Waals surface area contributed by atoms with Gasteiger partial charge in [0.2, 0.25) is 15.9 Å². The predicted octanol–water partition coefficient (Wildman–Crippen LogP) is 0.177. The fourth-order valence-corrected chi connectivity index (χ4v) is 2.92. The summed E-state index contributed by atoms with van der Waals surface area (Å²) in [6.45, 7) is -0.107. The van der Waals surface area contributed by atoms with E-state index in [1.54, 1.807) is 0 Å². The normalized spacial score (nSPS) is 20.5. The van der Waals surface area contributed by atoms with Gasteiger partial charge in [-0.05, 0) is 0 Å². The van der Waals surface area contributed by atoms with E-state index in [-0.39, 0.29) is 29.0 Å². The molecule has 1 atom stereocenters. The summed E-state index contributed by atoms with van der Waals surface area (Å²) in [7, 11) is -3.79. The van der Waals surface area contributed by atoms with Crippen molar-refractivity contribution in [3.05, 3.63) is 16.6 Å². The van der Waals surface area contributed by atoms with E-state index in [1.165, 1.54) is 0 Å². The highest BCUT2D eigenvalue weighted by molar-refractivity contribution is 7.89. The van der Waals surface area contributed by atoms with Crippen LogP contribution in [0.15, 0.2) is 6.33 Å². The molecular formula is C8H8Cl2N4O3S. The highest BCUT2D eigenvalue weighted by atomic mass is 35.5. The Morgan fingerprint density at radius 1 is 1.33 bits per heavy atom. The first-order valence-corrected chi connectivity index (χ1v) is 7.15. The number of aromatic nitrogens is 2. The number of anilines is 1. The van der Waals surface area contributed by atoms with Crippen molar-refractivity contribution in [2.45, 2.75) is 11.7 Å². The molecule has 1 amide bonds. The number of hydrogen-bond donors (Lipinski definition) is 1. The molecule has 0 spiro atoms. The van der Waals surface area contributed by atoms with Crippen LogP contribution in [0.3, 0.4) is 0 Å². The Morgan fingerprint density at radius 3 is 2.33 bits per heavy atom. The lowest BCUT2D eigenvalue weighted by atomic mass is 10.4. The zero-order valence-corrected chi connectivity index (χ0v) is 11.2. The van der Waals surface area contributed by atoms with Crippen molar-refractivity contribution in [3.63, 3.8) is 0 Å². The van der Waals surface area contributed by atoms with Gasteiger partial charge in [0.1, 0.15) is 17.3 Å². The molecule has 1 aromatic rings. The van der Waals surface area contributed by atoms with E-state index < -0.39 is 21.2 Å². The second kappa shape index (κ2) is 4.61. The quantitative estimate of drug-likeness (QED) is 0.784. The van der Waals surface area contributed by atoms with Crippen molar-refractivity contribution in [1.82, 2.24) is 9.97 Å². The molecule has 18 heavy (non-hydrogen) atoms. The van der Waals surface area contributed by atoms with Gasteiger partial charge in [-0.25, -0.2) is 23.5 Å². The number of primary sulfonamides is 1. The minimum atomic E-state index is -3.79. The van der Waals surface area contributed by atoms with Crippen LogP contribution in [0.5, 0.6) is 0 Å². The molecule has 1 fully saturated rings. The number of rotatable bonds is 2. The van der Waals surface area contributed by atoms with E-state index in [4.69, 9.17) is 28.3 Å².